The van der Waals surface area contributed by atoms with Crippen LogP contribution in [0, 0.1) is 0 Å². The second kappa shape index (κ2) is 5.16. The average Bonchev–Trinajstić information content (AvgIpc) is 2.88. The molecule has 0 saturated heterocycles. The van der Waals surface area contributed by atoms with Crippen molar-refractivity contribution >= 4 is 11.9 Å². The Balaban J connectivity index is 2.15. The van der Waals surface area contributed by atoms with E-state index in [4.69, 9.17) is 4.74 Å². The van der Waals surface area contributed by atoms with Gasteiger partial charge in [0.1, 0.15) is 11.2 Å². The van der Waals surface area contributed by atoms with Gasteiger partial charge in [0.05, 0.1) is 7.11 Å². The van der Waals surface area contributed by atoms with E-state index in [2.05, 4.69) is 10.3 Å². The van der Waals surface area contributed by atoms with Crippen LogP contribution in [0.4, 0.5) is 0 Å². The van der Waals surface area contributed by atoms with Crippen LogP contribution in [-0.2, 0) is 9.53 Å². The standard InChI is InChI=1S/C13H16N2O3/c1-18-12(17)13(7-3-4-8-13)15-11(16)10-6-2-5-9-14-10/h2,5-6,9H,3-4,7-8H2,1H3,(H,15,16). The van der Waals surface area contributed by atoms with E-state index in [0.29, 0.717) is 18.5 Å². The number of methoxy groups -OCH3 is 1. The first-order valence-corrected chi connectivity index (χ1v) is 6.00. The summed E-state index contributed by atoms with van der Waals surface area (Å²) in [5.41, 5.74) is -0.559. The van der Waals surface area contributed by atoms with Gasteiger partial charge in [-0.05, 0) is 25.0 Å². The maximum absolute atomic E-state index is 12.0. The number of amides is 1. The zero-order valence-corrected chi connectivity index (χ0v) is 10.3. The molecule has 2 rings (SSSR count). The lowest BCUT2D eigenvalue weighted by Crippen LogP contribution is -2.53. The fourth-order valence-electron chi connectivity index (χ4n) is 2.33. The maximum Gasteiger partial charge on any atom is 0.331 e. The Hall–Kier alpha value is -1.91. The molecule has 18 heavy (non-hydrogen) atoms. The summed E-state index contributed by atoms with van der Waals surface area (Å²) >= 11 is 0. The molecule has 0 aromatic carbocycles. The number of ether oxygens (including phenoxy) is 1. The SMILES string of the molecule is COC(=O)C1(NC(=O)c2ccccn2)CCCC1. The van der Waals surface area contributed by atoms with Gasteiger partial charge in [-0.15, -0.1) is 0 Å². The molecule has 5 nitrogen and oxygen atoms in total. The van der Waals surface area contributed by atoms with Gasteiger partial charge in [-0.1, -0.05) is 18.9 Å². The number of nitrogens with zero attached hydrogens (tertiary/aromatic N) is 1. The molecule has 1 saturated carbocycles. The quantitative estimate of drug-likeness (QED) is 0.819. The number of carbonyl (C=O) groups excluding carboxylic acids is 2. The van der Waals surface area contributed by atoms with Gasteiger partial charge in [0.2, 0.25) is 0 Å². The molecular weight excluding hydrogens is 232 g/mol. The predicted octanol–water partition coefficient (Wildman–Crippen LogP) is 1.30. The van der Waals surface area contributed by atoms with Crippen LogP contribution in [0.15, 0.2) is 24.4 Å². The number of pyridine rings is 1. The lowest BCUT2D eigenvalue weighted by Gasteiger charge is -2.26. The highest BCUT2D eigenvalue weighted by Crippen LogP contribution is 2.31. The van der Waals surface area contributed by atoms with E-state index < -0.39 is 5.54 Å². The maximum atomic E-state index is 12.0. The van der Waals surface area contributed by atoms with E-state index in [-0.39, 0.29) is 11.9 Å². The number of aromatic nitrogens is 1. The molecular formula is C13H16N2O3. The fourth-order valence-corrected chi connectivity index (χ4v) is 2.33. The smallest absolute Gasteiger partial charge is 0.331 e. The molecule has 5 heteroatoms. The number of hydrogen-bond donors (Lipinski definition) is 1. The molecule has 0 spiro atoms. The third kappa shape index (κ3) is 2.34. The molecule has 1 aromatic heterocycles. The van der Waals surface area contributed by atoms with Gasteiger partial charge in [-0.25, -0.2) is 4.79 Å². The van der Waals surface area contributed by atoms with Crippen LogP contribution in [0.5, 0.6) is 0 Å². The summed E-state index contributed by atoms with van der Waals surface area (Å²) in [6.07, 6.45) is 4.63. The van der Waals surface area contributed by atoms with Crippen LogP contribution < -0.4 is 5.32 Å². The first kappa shape index (κ1) is 12.5. The Labute approximate surface area is 106 Å². The summed E-state index contributed by atoms with van der Waals surface area (Å²) in [5, 5.41) is 2.78. The van der Waals surface area contributed by atoms with Crippen molar-refractivity contribution in [2.45, 2.75) is 31.2 Å². The molecule has 0 atom stereocenters. The Bertz CT molecular complexity index is 439. The zero-order chi connectivity index (χ0) is 13.0. The molecule has 1 N–H and O–H groups in total. The van der Waals surface area contributed by atoms with Crippen molar-refractivity contribution in [1.29, 1.82) is 0 Å². The Morgan fingerprint density at radius 3 is 2.61 bits per heavy atom. The largest absolute Gasteiger partial charge is 0.467 e. The van der Waals surface area contributed by atoms with E-state index in [1.807, 2.05) is 0 Å². The van der Waals surface area contributed by atoms with Crippen molar-refractivity contribution in [3.63, 3.8) is 0 Å². The number of esters is 1. The van der Waals surface area contributed by atoms with E-state index >= 15 is 0 Å². The molecule has 0 aliphatic heterocycles. The second-order valence-electron chi connectivity index (χ2n) is 4.45. The molecule has 1 amide bonds. The van der Waals surface area contributed by atoms with Crippen molar-refractivity contribution in [2.75, 3.05) is 7.11 Å². The molecule has 1 fully saturated rings. The molecule has 1 aromatic rings. The third-order valence-corrected chi connectivity index (χ3v) is 3.28. The van der Waals surface area contributed by atoms with Crippen LogP contribution in [0.1, 0.15) is 36.2 Å². The highest BCUT2D eigenvalue weighted by molar-refractivity contribution is 5.96. The molecule has 1 heterocycles. The van der Waals surface area contributed by atoms with Crippen LogP contribution in [0.3, 0.4) is 0 Å². The molecule has 1 aliphatic carbocycles. The minimum Gasteiger partial charge on any atom is -0.467 e. The fraction of sp³-hybridized carbons (Fsp3) is 0.462. The summed E-state index contributed by atoms with van der Waals surface area (Å²) in [7, 11) is 1.34. The summed E-state index contributed by atoms with van der Waals surface area (Å²) < 4.78 is 4.80. The Morgan fingerprint density at radius 1 is 1.33 bits per heavy atom. The van der Waals surface area contributed by atoms with Crippen LogP contribution in [0.2, 0.25) is 0 Å². The van der Waals surface area contributed by atoms with Crippen molar-refractivity contribution in [1.82, 2.24) is 10.3 Å². The second-order valence-corrected chi connectivity index (χ2v) is 4.45. The van der Waals surface area contributed by atoms with E-state index in [9.17, 15) is 9.59 Å². The zero-order valence-electron chi connectivity index (χ0n) is 10.3. The number of rotatable bonds is 3. The van der Waals surface area contributed by atoms with Gasteiger partial charge in [-0.2, -0.15) is 0 Å². The highest BCUT2D eigenvalue weighted by Gasteiger charge is 2.43. The predicted molar refractivity (Wildman–Crippen MR) is 64.9 cm³/mol. The lowest BCUT2D eigenvalue weighted by molar-refractivity contribution is -0.148. The van der Waals surface area contributed by atoms with Crippen molar-refractivity contribution in [3.05, 3.63) is 30.1 Å². The minimum absolute atomic E-state index is 0.313. The first-order chi connectivity index (χ1) is 8.68. The summed E-state index contributed by atoms with van der Waals surface area (Å²) in [5.74, 6) is -0.702. The van der Waals surface area contributed by atoms with Crippen molar-refractivity contribution < 1.29 is 14.3 Å². The monoisotopic (exact) mass is 248 g/mol. The van der Waals surface area contributed by atoms with E-state index in [0.717, 1.165) is 12.8 Å². The van der Waals surface area contributed by atoms with Gasteiger partial charge >= 0.3 is 5.97 Å². The van der Waals surface area contributed by atoms with Gasteiger partial charge in [0.25, 0.3) is 5.91 Å². The summed E-state index contributed by atoms with van der Waals surface area (Å²) in [6.45, 7) is 0. The summed E-state index contributed by atoms with van der Waals surface area (Å²) in [6, 6.07) is 5.10. The topological polar surface area (TPSA) is 68.3 Å². The van der Waals surface area contributed by atoms with Gasteiger partial charge < -0.3 is 10.1 Å². The van der Waals surface area contributed by atoms with E-state index in [1.165, 1.54) is 7.11 Å². The Kier molecular flexibility index (Phi) is 3.60. The lowest BCUT2D eigenvalue weighted by atomic mass is 9.97. The number of carbonyl (C=O) groups is 2. The van der Waals surface area contributed by atoms with Crippen molar-refractivity contribution in [3.8, 4) is 0 Å². The van der Waals surface area contributed by atoms with Gasteiger partial charge in [-0.3, -0.25) is 9.78 Å². The Morgan fingerprint density at radius 2 is 2.06 bits per heavy atom. The molecule has 1 aliphatic rings. The molecule has 0 radical (unpaired) electrons. The summed E-state index contributed by atoms with van der Waals surface area (Å²) in [4.78, 5) is 27.9. The van der Waals surface area contributed by atoms with Gasteiger partial charge in [0, 0.05) is 6.20 Å². The van der Waals surface area contributed by atoms with Crippen LogP contribution >= 0.6 is 0 Å². The highest BCUT2D eigenvalue weighted by atomic mass is 16.5. The van der Waals surface area contributed by atoms with Crippen molar-refractivity contribution in [2.24, 2.45) is 0 Å². The minimum atomic E-state index is -0.872. The molecule has 0 unspecified atom stereocenters. The average molecular weight is 248 g/mol. The van der Waals surface area contributed by atoms with E-state index in [1.54, 1.807) is 24.4 Å². The first-order valence-electron chi connectivity index (χ1n) is 6.00. The van der Waals surface area contributed by atoms with Gasteiger partial charge in [0.15, 0.2) is 0 Å². The number of hydrogen-bond acceptors (Lipinski definition) is 4. The van der Waals surface area contributed by atoms with Crippen LogP contribution in [0.25, 0.3) is 0 Å². The van der Waals surface area contributed by atoms with Crippen LogP contribution in [-0.4, -0.2) is 29.5 Å². The normalized spacial score (nSPS) is 17.2. The molecule has 0 bridgehead atoms. The third-order valence-electron chi connectivity index (χ3n) is 3.28. The molecule has 96 valence electrons. The number of nitrogens with one attached hydrogen (secondary N) is 1.